The van der Waals surface area contributed by atoms with Gasteiger partial charge < -0.3 is 15.4 Å². The van der Waals surface area contributed by atoms with Crippen molar-refractivity contribution in [2.24, 2.45) is 0 Å². The van der Waals surface area contributed by atoms with Crippen LogP contribution in [0.3, 0.4) is 0 Å². The van der Waals surface area contributed by atoms with Gasteiger partial charge in [-0.2, -0.15) is 0 Å². The zero-order valence-electron chi connectivity index (χ0n) is 8.84. The zero-order chi connectivity index (χ0) is 10.2. The summed E-state index contributed by atoms with van der Waals surface area (Å²) in [5.74, 6) is 0. The predicted molar refractivity (Wildman–Crippen MR) is 59.6 cm³/mol. The average Bonchev–Trinajstić information content (AvgIpc) is 2.25. The van der Waals surface area contributed by atoms with Gasteiger partial charge in [0.25, 0.3) is 0 Å². The van der Waals surface area contributed by atoms with Crippen LogP contribution in [-0.2, 0) is 11.3 Å². The summed E-state index contributed by atoms with van der Waals surface area (Å²) in [4.78, 5) is 0. The minimum atomic E-state index is 0.756. The van der Waals surface area contributed by atoms with Crippen LogP contribution in [0.5, 0.6) is 0 Å². The molecule has 0 saturated carbocycles. The molecule has 0 aliphatic heterocycles. The Hall–Kier alpha value is -1.06. The van der Waals surface area contributed by atoms with Gasteiger partial charge in [-0.1, -0.05) is 12.1 Å². The molecule has 1 aromatic carbocycles. The highest BCUT2D eigenvalue weighted by atomic mass is 16.5. The van der Waals surface area contributed by atoms with Crippen LogP contribution in [0.2, 0.25) is 0 Å². The Morgan fingerprint density at radius 1 is 1.36 bits per heavy atom. The van der Waals surface area contributed by atoms with Crippen molar-refractivity contribution in [3.05, 3.63) is 29.8 Å². The molecule has 0 atom stereocenters. The lowest BCUT2D eigenvalue weighted by Gasteiger charge is -2.06. The van der Waals surface area contributed by atoms with Gasteiger partial charge in [-0.25, -0.2) is 0 Å². The molecule has 78 valence electrons. The second-order valence-corrected chi connectivity index (χ2v) is 3.12. The summed E-state index contributed by atoms with van der Waals surface area (Å²) < 4.78 is 4.95. The van der Waals surface area contributed by atoms with E-state index in [2.05, 4.69) is 34.9 Å². The van der Waals surface area contributed by atoms with Gasteiger partial charge in [0.15, 0.2) is 0 Å². The lowest BCUT2D eigenvalue weighted by Crippen LogP contribution is -2.18. The number of hydrogen-bond donors (Lipinski definition) is 2. The molecule has 0 amide bonds. The van der Waals surface area contributed by atoms with Crippen molar-refractivity contribution >= 4 is 5.69 Å². The predicted octanol–water partition coefficient (Wildman–Crippen LogP) is 1.46. The highest BCUT2D eigenvalue weighted by Crippen LogP contribution is 2.08. The third-order valence-electron chi connectivity index (χ3n) is 2.03. The molecule has 0 aromatic heterocycles. The quantitative estimate of drug-likeness (QED) is 0.673. The fourth-order valence-electron chi connectivity index (χ4n) is 1.24. The minimum Gasteiger partial charge on any atom is -0.388 e. The van der Waals surface area contributed by atoms with Crippen LogP contribution in [0.25, 0.3) is 0 Å². The standard InChI is InChI=1S/C11H18N2O/c1-12-11-5-3-4-10(8-11)9-13-6-7-14-2/h3-5,8,12-13H,6-7,9H2,1-2H3. The monoisotopic (exact) mass is 194 g/mol. The van der Waals surface area contributed by atoms with Crippen LogP contribution in [0, 0.1) is 0 Å². The summed E-state index contributed by atoms with van der Waals surface area (Å²) in [5, 5.41) is 6.42. The zero-order valence-corrected chi connectivity index (χ0v) is 8.84. The summed E-state index contributed by atoms with van der Waals surface area (Å²) in [7, 11) is 3.64. The van der Waals surface area contributed by atoms with Crippen molar-refractivity contribution in [2.75, 3.05) is 32.6 Å². The van der Waals surface area contributed by atoms with E-state index in [-0.39, 0.29) is 0 Å². The van der Waals surface area contributed by atoms with E-state index in [0.717, 1.165) is 25.4 Å². The van der Waals surface area contributed by atoms with E-state index < -0.39 is 0 Å². The van der Waals surface area contributed by atoms with Crippen molar-refractivity contribution in [2.45, 2.75) is 6.54 Å². The van der Waals surface area contributed by atoms with Crippen LogP contribution < -0.4 is 10.6 Å². The van der Waals surface area contributed by atoms with Crippen LogP contribution in [0.15, 0.2) is 24.3 Å². The minimum absolute atomic E-state index is 0.756. The van der Waals surface area contributed by atoms with E-state index >= 15 is 0 Å². The van der Waals surface area contributed by atoms with Crippen LogP contribution in [0.4, 0.5) is 5.69 Å². The first-order valence-electron chi connectivity index (χ1n) is 4.83. The normalized spacial score (nSPS) is 10.1. The van der Waals surface area contributed by atoms with E-state index in [1.807, 2.05) is 7.05 Å². The van der Waals surface area contributed by atoms with Gasteiger partial charge in [-0.15, -0.1) is 0 Å². The average molecular weight is 194 g/mol. The van der Waals surface area contributed by atoms with Crippen LogP contribution >= 0.6 is 0 Å². The molecular weight excluding hydrogens is 176 g/mol. The van der Waals surface area contributed by atoms with Gasteiger partial charge in [0.2, 0.25) is 0 Å². The highest BCUT2D eigenvalue weighted by molar-refractivity contribution is 5.44. The largest absolute Gasteiger partial charge is 0.388 e. The molecule has 3 nitrogen and oxygen atoms in total. The molecule has 14 heavy (non-hydrogen) atoms. The van der Waals surface area contributed by atoms with E-state index in [1.165, 1.54) is 5.56 Å². The molecule has 0 heterocycles. The Morgan fingerprint density at radius 2 is 2.21 bits per heavy atom. The summed E-state index contributed by atoms with van der Waals surface area (Å²) in [6.45, 7) is 2.53. The van der Waals surface area contributed by atoms with Gasteiger partial charge in [0.1, 0.15) is 0 Å². The topological polar surface area (TPSA) is 33.3 Å². The lowest BCUT2D eigenvalue weighted by molar-refractivity contribution is 0.199. The summed E-state index contributed by atoms with van der Waals surface area (Å²) in [6, 6.07) is 8.36. The Labute approximate surface area is 85.5 Å². The molecule has 0 radical (unpaired) electrons. The van der Waals surface area contributed by atoms with Gasteiger partial charge in [-0.3, -0.25) is 0 Å². The number of nitrogens with one attached hydrogen (secondary N) is 2. The second kappa shape index (κ2) is 6.40. The molecule has 1 rings (SSSR count). The maximum Gasteiger partial charge on any atom is 0.0587 e. The van der Waals surface area contributed by atoms with E-state index in [4.69, 9.17) is 4.74 Å². The Kier molecular flexibility index (Phi) is 5.04. The highest BCUT2D eigenvalue weighted by Gasteiger charge is 1.93. The third kappa shape index (κ3) is 3.77. The fourth-order valence-corrected chi connectivity index (χ4v) is 1.24. The van der Waals surface area contributed by atoms with E-state index in [9.17, 15) is 0 Å². The maximum atomic E-state index is 4.95. The molecule has 0 fully saturated rings. The first-order valence-corrected chi connectivity index (χ1v) is 4.83. The Balaban J connectivity index is 2.34. The number of rotatable bonds is 6. The van der Waals surface area contributed by atoms with Crippen LogP contribution in [-0.4, -0.2) is 27.3 Å². The van der Waals surface area contributed by atoms with Gasteiger partial charge in [0.05, 0.1) is 6.61 Å². The van der Waals surface area contributed by atoms with E-state index in [1.54, 1.807) is 7.11 Å². The van der Waals surface area contributed by atoms with E-state index in [0.29, 0.717) is 0 Å². The smallest absolute Gasteiger partial charge is 0.0587 e. The molecule has 1 aromatic rings. The van der Waals surface area contributed by atoms with Crippen molar-refractivity contribution < 1.29 is 4.74 Å². The van der Waals surface area contributed by atoms with Gasteiger partial charge in [-0.05, 0) is 17.7 Å². The summed E-state index contributed by atoms with van der Waals surface area (Å²) >= 11 is 0. The Bertz CT molecular complexity index is 263. The molecule has 0 saturated heterocycles. The molecule has 0 spiro atoms. The Morgan fingerprint density at radius 3 is 2.93 bits per heavy atom. The maximum absolute atomic E-state index is 4.95. The number of benzene rings is 1. The van der Waals surface area contributed by atoms with Crippen molar-refractivity contribution in [3.63, 3.8) is 0 Å². The molecule has 0 aliphatic rings. The van der Waals surface area contributed by atoms with Gasteiger partial charge in [0, 0.05) is 32.9 Å². The first kappa shape index (κ1) is 11.0. The van der Waals surface area contributed by atoms with Crippen molar-refractivity contribution in [1.29, 1.82) is 0 Å². The number of methoxy groups -OCH3 is 1. The molecule has 2 N–H and O–H groups in total. The number of ether oxygens (including phenoxy) is 1. The molecule has 0 bridgehead atoms. The summed E-state index contributed by atoms with van der Waals surface area (Å²) in [6.07, 6.45) is 0. The summed E-state index contributed by atoms with van der Waals surface area (Å²) in [5.41, 5.74) is 2.43. The SMILES string of the molecule is CNc1cccc(CNCCOC)c1. The first-order chi connectivity index (χ1) is 6.86. The number of anilines is 1. The van der Waals surface area contributed by atoms with Crippen molar-refractivity contribution in [3.8, 4) is 0 Å². The number of hydrogen-bond acceptors (Lipinski definition) is 3. The third-order valence-corrected chi connectivity index (χ3v) is 2.03. The fraction of sp³-hybridized carbons (Fsp3) is 0.455. The molecule has 0 aliphatic carbocycles. The molecule has 0 unspecified atom stereocenters. The lowest BCUT2D eigenvalue weighted by atomic mass is 10.2. The van der Waals surface area contributed by atoms with Crippen molar-refractivity contribution in [1.82, 2.24) is 5.32 Å². The molecule has 3 heteroatoms. The van der Waals surface area contributed by atoms with Gasteiger partial charge >= 0.3 is 0 Å². The van der Waals surface area contributed by atoms with Crippen LogP contribution in [0.1, 0.15) is 5.56 Å². The molecular formula is C11H18N2O. The second-order valence-electron chi connectivity index (χ2n) is 3.12.